The van der Waals surface area contributed by atoms with Gasteiger partial charge in [-0.3, -0.25) is 14.2 Å². The lowest BCUT2D eigenvalue weighted by molar-refractivity contribution is -0.0964. The summed E-state index contributed by atoms with van der Waals surface area (Å²) in [6, 6.07) is 12.9. The minimum absolute atomic E-state index is 0.163. The Labute approximate surface area is 161 Å². The predicted molar refractivity (Wildman–Crippen MR) is 97.8 cm³/mol. The number of nitrogens with one attached hydrogen (secondary N) is 1. The summed E-state index contributed by atoms with van der Waals surface area (Å²) in [5.74, 6) is -1.17. The third-order valence-corrected chi connectivity index (χ3v) is 3.70. The van der Waals surface area contributed by atoms with Gasteiger partial charge in [0.2, 0.25) is 0 Å². The Hall–Kier alpha value is -3.26. The Morgan fingerprint density at radius 2 is 1.64 bits per heavy atom. The first-order valence-corrected chi connectivity index (χ1v) is 8.25. The molecule has 3 aromatic rings. The number of halogens is 4. The maximum absolute atomic E-state index is 13.1. The average molecular weight is 409 g/mol. The molecule has 1 aromatic heterocycles. The summed E-state index contributed by atoms with van der Waals surface area (Å²) >= 11 is 4.68. The van der Waals surface area contributed by atoms with Crippen molar-refractivity contribution in [2.24, 2.45) is 0 Å². The van der Waals surface area contributed by atoms with Crippen molar-refractivity contribution < 1.29 is 22.7 Å². The van der Waals surface area contributed by atoms with E-state index in [2.05, 4.69) is 21.7 Å². The van der Waals surface area contributed by atoms with Crippen LogP contribution in [0, 0.1) is 5.82 Å². The lowest BCUT2D eigenvalue weighted by atomic mass is 10.2. The standard InChI is InChI=1S/C19H12ClF3N2O3/c20-19(22,23)28-16-8-4-14(5-9-16)24-18(27)12-1-10-17(26)25(11-12)15-6-2-13(21)3-7-15/h1-11H,(H,24,27). The van der Waals surface area contributed by atoms with Crippen molar-refractivity contribution in [3.8, 4) is 11.4 Å². The second-order valence-corrected chi connectivity index (χ2v) is 6.07. The summed E-state index contributed by atoms with van der Waals surface area (Å²) in [5.41, 5.74) is -3.36. The van der Waals surface area contributed by atoms with E-state index in [0.717, 1.165) is 0 Å². The van der Waals surface area contributed by atoms with E-state index in [4.69, 9.17) is 0 Å². The zero-order valence-corrected chi connectivity index (χ0v) is 14.8. The lowest BCUT2D eigenvalue weighted by Gasteiger charge is -2.12. The average Bonchev–Trinajstić information content (AvgIpc) is 2.63. The number of carbonyl (C=O) groups is 1. The Morgan fingerprint density at radius 3 is 2.25 bits per heavy atom. The fourth-order valence-electron chi connectivity index (χ4n) is 2.37. The zero-order chi connectivity index (χ0) is 20.3. The molecule has 0 radical (unpaired) electrons. The molecule has 0 aliphatic carbocycles. The highest BCUT2D eigenvalue weighted by Crippen LogP contribution is 2.26. The molecule has 0 fully saturated rings. The van der Waals surface area contributed by atoms with Gasteiger partial charge in [0.25, 0.3) is 11.5 Å². The number of amides is 1. The number of aromatic nitrogens is 1. The molecule has 1 N–H and O–H groups in total. The molecule has 5 nitrogen and oxygen atoms in total. The van der Waals surface area contributed by atoms with Gasteiger partial charge in [-0.05, 0) is 54.6 Å². The van der Waals surface area contributed by atoms with Crippen LogP contribution in [0.4, 0.5) is 18.9 Å². The molecule has 144 valence electrons. The van der Waals surface area contributed by atoms with Crippen molar-refractivity contribution in [2.45, 2.75) is 5.57 Å². The molecule has 2 aromatic carbocycles. The summed E-state index contributed by atoms with van der Waals surface area (Å²) in [7, 11) is 0. The number of hydrogen-bond acceptors (Lipinski definition) is 3. The normalized spacial score (nSPS) is 11.1. The Bertz CT molecular complexity index is 1050. The van der Waals surface area contributed by atoms with Gasteiger partial charge in [-0.25, -0.2) is 4.39 Å². The van der Waals surface area contributed by atoms with E-state index in [-0.39, 0.29) is 11.3 Å². The van der Waals surface area contributed by atoms with Crippen LogP contribution < -0.4 is 15.6 Å². The molecular weight excluding hydrogens is 397 g/mol. The van der Waals surface area contributed by atoms with Crippen molar-refractivity contribution in [1.29, 1.82) is 0 Å². The van der Waals surface area contributed by atoms with Gasteiger partial charge in [0.05, 0.1) is 5.56 Å². The van der Waals surface area contributed by atoms with Crippen LogP contribution in [-0.2, 0) is 0 Å². The first kappa shape index (κ1) is 19.5. The molecule has 3 rings (SSSR count). The number of nitrogens with zero attached hydrogens (tertiary/aromatic N) is 1. The monoisotopic (exact) mass is 408 g/mol. The third kappa shape index (κ3) is 4.92. The third-order valence-electron chi connectivity index (χ3n) is 3.62. The van der Waals surface area contributed by atoms with Crippen LogP contribution in [0.15, 0.2) is 71.7 Å². The fraction of sp³-hybridized carbons (Fsp3) is 0.0526. The highest BCUT2D eigenvalue weighted by atomic mass is 35.5. The second-order valence-electron chi connectivity index (χ2n) is 5.63. The zero-order valence-electron chi connectivity index (χ0n) is 14.0. The van der Waals surface area contributed by atoms with Gasteiger partial charge in [0.1, 0.15) is 11.6 Å². The number of hydrogen-bond donors (Lipinski definition) is 1. The Morgan fingerprint density at radius 1 is 1.00 bits per heavy atom. The Balaban J connectivity index is 1.78. The van der Waals surface area contributed by atoms with Crippen LogP contribution in [0.1, 0.15) is 10.4 Å². The highest BCUT2D eigenvalue weighted by Gasteiger charge is 2.27. The smallest absolute Gasteiger partial charge is 0.420 e. The number of rotatable bonds is 5. The first-order chi connectivity index (χ1) is 13.2. The molecule has 0 aliphatic heterocycles. The number of anilines is 1. The summed E-state index contributed by atoms with van der Waals surface area (Å²) in [6.07, 6.45) is 1.32. The summed E-state index contributed by atoms with van der Waals surface area (Å²) < 4.78 is 43.6. The predicted octanol–water partition coefficient (Wildman–Crippen LogP) is 4.40. The lowest BCUT2D eigenvalue weighted by Crippen LogP contribution is -2.20. The largest absolute Gasteiger partial charge is 0.487 e. The SMILES string of the molecule is O=C(Nc1ccc(OC(F)(F)Cl)cc1)c1ccc(=O)n(-c2ccc(F)cc2)c1. The summed E-state index contributed by atoms with van der Waals surface area (Å²) in [4.78, 5) is 24.5. The van der Waals surface area contributed by atoms with Gasteiger partial charge < -0.3 is 10.1 Å². The van der Waals surface area contributed by atoms with E-state index >= 15 is 0 Å². The topological polar surface area (TPSA) is 60.3 Å². The number of alkyl halides is 3. The summed E-state index contributed by atoms with van der Waals surface area (Å²) in [6.45, 7) is 0. The van der Waals surface area contributed by atoms with Crippen molar-refractivity contribution in [3.63, 3.8) is 0 Å². The number of carbonyl (C=O) groups excluding carboxylic acids is 1. The van der Waals surface area contributed by atoms with E-state index in [0.29, 0.717) is 11.4 Å². The van der Waals surface area contributed by atoms with Gasteiger partial charge in [-0.2, -0.15) is 0 Å². The maximum atomic E-state index is 13.1. The van der Waals surface area contributed by atoms with E-state index in [1.165, 1.54) is 71.4 Å². The molecule has 1 heterocycles. The molecule has 0 bridgehead atoms. The minimum Gasteiger partial charge on any atom is -0.420 e. The van der Waals surface area contributed by atoms with Crippen molar-refractivity contribution in [2.75, 3.05) is 5.32 Å². The number of ether oxygens (including phenoxy) is 1. The highest BCUT2D eigenvalue weighted by molar-refractivity contribution is 6.20. The molecule has 0 aliphatic rings. The number of benzene rings is 2. The fourth-order valence-corrected chi connectivity index (χ4v) is 2.46. The molecule has 0 saturated carbocycles. The van der Waals surface area contributed by atoms with Crippen LogP contribution in [0.25, 0.3) is 5.69 Å². The van der Waals surface area contributed by atoms with Gasteiger partial charge in [0.15, 0.2) is 0 Å². The van der Waals surface area contributed by atoms with Crippen molar-refractivity contribution in [3.05, 3.63) is 88.6 Å². The quantitative estimate of drug-likeness (QED) is 0.637. The van der Waals surface area contributed by atoms with Gasteiger partial charge in [-0.1, -0.05) is 0 Å². The summed E-state index contributed by atoms with van der Waals surface area (Å²) in [5, 5.41) is 2.57. The van der Waals surface area contributed by atoms with Gasteiger partial charge in [-0.15, -0.1) is 8.78 Å². The van der Waals surface area contributed by atoms with E-state index < -0.39 is 22.9 Å². The maximum Gasteiger partial charge on any atom is 0.487 e. The van der Waals surface area contributed by atoms with Crippen molar-refractivity contribution in [1.82, 2.24) is 4.57 Å². The molecule has 0 saturated heterocycles. The Kier molecular flexibility index (Phi) is 5.41. The van der Waals surface area contributed by atoms with E-state index in [1.54, 1.807) is 0 Å². The van der Waals surface area contributed by atoms with Crippen LogP contribution in [0.2, 0.25) is 0 Å². The molecule has 1 amide bonds. The first-order valence-electron chi connectivity index (χ1n) is 7.87. The molecule has 0 unspecified atom stereocenters. The molecular formula is C19H12ClF3N2O3. The van der Waals surface area contributed by atoms with E-state index in [9.17, 15) is 22.8 Å². The molecule has 9 heteroatoms. The van der Waals surface area contributed by atoms with Crippen LogP contribution in [-0.4, -0.2) is 16.0 Å². The van der Waals surface area contributed by atoms with Crippen LogP contribution in [0.3, 0.4) is 0 Å². The van der Waals surface area contributed by atoms with Gasteiger partial charge >= 0.3 is 5.57 Å². The van der Waals surface area contributed by atoms with Gasteiger partial charge in [0, 0.05) is 35.2 Å². The second kappa shape index (κ2) is 7.77. The molecule has 0 atom stereocenters. The molecule has 28 heavy (non-hydrogen) atoms. The van der Waals surface area contributed by atoms with E-state index in [1.807, 2.05) is 0 Å². The molecule has 0 spiro atoms. The van der Waals surface area contributed by atoms with Crippen molar-refractivity contribution >= 4 is 23.2 Å². The minimum atomic E-state index is -3.83. The van der Waals surface area contributed by atoms with Crippen LogP contribution >= 0.6 is 11.6 Å². The number of pyridine rings is 1. The van der Waals surface area contributed by atoms with Crippen LogP contribution in [0.5, 0.6) is 5.75 Å².